The molecular formula is C22H18F3N3. The Morgan fingerprint density at radius 1 is 0.929 bits per heavy atom. The van der Waals surface area contributed by atoms with E-state index in [-0.39, 0.29) is 5.82 Å². The average molecular weight is 381 g/mol. The summed E-state index contributed by atoms with van der Waals surface area (Å²) >= 11 is 0. The third-order valence-electron chi connectivity index (χ3n) is 4.71. The van der Waals surface area contributed by atoms with Crippen molar-refractivity contribution >= 4 is 16.7 Å². The van der Waals surface area contributed by atoms with Crippen molar-refractivity contribution in [1.29, 1.82) is 0 Å². The number of hydrogen-bond acceptors (Lipinski definition) is 2. The molecule has 2 aromatic heterocycles. The maximum atomic E-state index is 13.3. The second-order valence-corrected chi connectivity index (χ2v) is 6.77. The molecule has 142 valence electrons. The highest BCUT2D eigenvalue weighted by Gasteiger charge is 2.30. The molecule has 0 aliphatic rings. The molecular weight excluding hydrogens is 363 g/mol. The van der Waals surface area contributed by atoms with E-state index in [4.69, 9.17) is 5.73 Å². The first-order valence-corrected chi connectivity index (χ1v) is 8.81. The van der Waals surface area contributed by atoms with Crippen LogP contribution in [-0.2, 0) is 6.54 Å². The lowest BCUT2D eigenvalue weighted by molar-refractivity contribution is -0.139. The molecule has 0 unspecified atom stereocenters. The van der Waals surface area contributed by atoms with Gasteiger partial charge in [0, 0.05) is 27.7 Å². The number of anilines is 1. The lowest BCUT2D eigenvalue weighted by Gasteiger charge is -2.14. The summed E-state index contributed by atoms with van der Waals surface area (Å²) < 4.78 is 41.2. The molecule has 0 saturated carbocycles. The van der Waals surface area contributed by atoms with Crippen molar-refractivity contribution in [3.8, 4) is 22.5 Å². The Kier molecular flexibility index (Phi) is 4.34. The number of halogens is 3. The van der Waals surface area contributed by atoms with Crippen molar-refractivity contribution in [2.24, 2.45) is 0 Å². The lowest BCUT2D eigenvalue weighted by atomic mass is 10.1. The molecule has 0 saturated heterocycles. The number of aryl methyl sites for hydroxylation is 1. The van der Waals surface area contributed by atoms with Gasteiger partial charge in [-0.3, -0.25) is 0 Å². The Hall–Kier alpha value is -3.28. The van der Waals surface area contributed by atoms with Crippen LogP contribution >= 0.6 is 0 Å². The number of rotatable bonds is 3. The standard InChI is InChI=1S/C22H18F3N3/c1-14-6-5-9-19-17(14)12-20(28(19)13-22(23,24)25)16-10-18(27-21(26)11-16)15-7-3-2-4-8-15/h2-12H,13H2,1H3,(H2,26,27). The summed E-state index contributed by atoms with van der Waals surface area (Å²) in [5.74, 6) is 0.261. The minimum absolute atomic E-state index is 0.261. The second-order valence-electron chi connectivity index (χ2n) is 6.77. The van der Waals surface area contributed by atoms with Crippen LogP contribution in [0.25, 0.3) is 33.4 Å². The Morgan fingerprint density at radius 3 is 2.39 bits per heavy atom. The molecule has 0 fully saturated rings. The minimum Gasteiger partial charge on any atom is -0.384 e. The molecule has 2 heterocycles. The Morgan fingerprint density at radius 2 is 1.68 bits per heavy atom. The van der Waals surface area contributed by atoms with Gasteiger partial charge in [0.2, 0.25) is 0 Å². The Labute approximate surface area is 160 Å². The van der Waals surface area contributed by atoms with E-state index in [0.717, 1.165) is 16.5 Å². The van der Waals surface area contributed by atoms with E-state index in [9.17, 15) is 13.2 Å². The number of nitrogens with two attached hydrogens (primary N) is 1. The average Bonchev–Trinajstić information content (AvgIpc) is 3.00. The van der Waals surface area contributed by atoms with Gasteiger partial charge in [-0.15, -0.1) is 0 Å². The smallest absolute Gasteiger partial charge is 0.384 e. The van der Waals surface area contributed by atoms with Crippen molar-refractivity contribution in [1.82, 2.24) is 9.55 Å². The molecule has 0 aliphatic heterocycles. The molecule has 0 atom stereocenters. The number of nitrogen functional groups attached to an aromatic ring is 1. The maximum absolute atomic E-state index is 13.3. The van der Waals surface area contributed by atoms with Crippen LogP contribution in [0, 0.1) is 6.92 Å². The summed E-state index contributed by atoms with van der Waals surface area (Å²) in [5, 5.41) is 0.790. The first-order valence-electron chi connectivity index (χ1n) is 8.81. The van der Waals surface area contributed by atoms with Gasteiger partial charge in [-0.2, -0.15) is 13.2 Å². The van der Waals surface area contributed by atoms with Crippen molar-refractivity contribution in [3.63, 3.8) is 0 Å². The number of alkyl halides is 3. The van der Waals surface area contributed by atoms with Crippen molar-refractivity contribution in [2.45, 2.75) is 19.6 Å². The van der Waals surface area contributed by atoms with Gasteiger partial charge >= 0.3 is 6.18 Å². The SMILES string of the molecule is Cc1cccc2c1cc(-c1cc(N)nc(-c3ccccc3)c1)n2CC(F)(F)F. The lowest BCUT2D eigenvalue weighted by Crippen LogP contribution is -2.18. The van der Waals surface area contributed by atoms with E-state index < -0.39 is 12.7 Å². The summed E-state index contributed by atoms with van der Waals surface area (Å²) in [6.45, 7) is 0.818. The van der Waals surface area contributed by atoms with Gasteiger partial charge < -0.3 is 10.3 Å². The van der Waals surface area contributed by atoms with Gasteiger partial charge in [0.1, 0.15) is 12.4 Å². The quantitative estimate of drug-likeness (QED) is 0.486. The Balaban J connectivity index is 1.95. The van der Waals surface area contributed by atoms with E-state index in [0.29, 0.717) is 22.5 Å². The van der Waals surface area contributed by atoms with Gasteiger partial charge in [0.25, 0.3) is 0 Å². The number of pyridine rings is 1. The van der Waals surface area contributed by atoms with Gasteiger partial charge in [-0.1, -0.05) is 42.5 Å². The van der Waals surface area contributed by atoms with Crippen LogP contribution in [0.1, 0.15) is 5.56 Å². The third kappa shape index (κ3) is 3.45. The predicted molar refractivity (Wildman–Crippen MR) is 106 cm³/mol. The summed E-state index contributed by atoms with van der Waals surface area (Å²) in [4.78, 5) is 4.35. The van der Waals surface area contributed by atoms with Crippen molar-refractivity contribution in [3.05, 3.63) is 72.3 Å². The highest BCUT2D eigenvalue weighted by atomic mass is 19.4. The summed E-state index contributed by atoms with van der Waals surface area (Å²) in [6.07, 6.45) is -4.34. The molecule has 6 heteroatoms. The van der Waals surface area contributed by atoms with Crippen LogP contribution < -0.4 is 5.73 Å². The normalized spacial score (nSPS) is 11.9. The summed E-state index contributed by atoms with van der Waals surface area (Å²) in [6, 6.07) is 20.0. The van der Waals surface area contributed by atoms with E-state index in [1.807, 2.05) is 43.3 Å². The molecule has 0 radical (unpaired) electrons. The number of nitrogens with zero attached hydrogens (tertiary/aromatic N) is 2. The van der Waals surface area contributed by atoms with E-state index in [2.05, 4.69) is 4.98 Å². The van der Waals surface area contributed by atoms with Crippen LogP contribution in [0.5, 0.6) is 0 Å². The minimum atomic E-state index is -4.34. The first kappa shape index (κ1) is 18.1. The fraction of sp³-hybridized carbons (Fsp3) is 0.136. The zero-order valence-corrected chi connectivity index (χ0v) is 15.2. The van der Waals surface area contributed by atoms with Gasteiger partial charge in [0.15, 0.2) is 0 Å². The van der Waals surface area contributed by atoms with Crippen LogP contribution in [0.3, 0.4) is 0 Å². The molecule has 0 spiro atoms. The second kappa shape index (κ2) is 6.71. The van der Waals surface area contributed by atoms with Crippen molar-refractivity contribution in [2.75, 3.05) is 5.73 Å². The molecule has 4 rings (SSSR count). The van der Waals surface area contributed by atoms with E-state index in [1.54, 1.807) is 30.3 Å². The number of benzene rings is 2. The molecule has 0 amide bonds. The molecule has 0 aliphatic carbocycles. The summed E-state index contributed by atoms with van der Waals surface area (Å²) in [5.41, 5.74) is 10.0. The maximum Gasteiger partial charge on any atom is 0.406 e. The van der Waals surface area contributed by atoms with Crippen LogP contribution in [0.15, 0.2) is 66.7 Å². The highest BCUT2D eigenvalue weighted by Crippen LogP contribution is 2.35. The van der Waals surface area contributed by atoms with E-state index >= 15 is 0 Å². The molecule has 28 heavy (non-hydrogen) atoms. The van der Waals surface area contributed by atoms with Crippen LogP contribution in [0.2, 0.25) is 0 Å². The van der Waals surface area contributed by atoms with Crippen LogP contribution in [0.4, 0.5) is 19.0 Å². The number of hydrogen-bond donors (Lipinski definition) is 1. The van der Waals surface area contributed by atoms with E-state index in [1.165, 1.54) is 4.57 Å². The highest BCUT2D eigenvalue weighted by molar-refractivity contribution is 5.90. The zero-order chi connectivity index (χ0) is 19.9. The molecule has 2 N–H and O–H groups in total. The molecule has 4 aromatic rings. The van der Waals surface area contributed by atoms with Crippen LogP contribution in [-0.4, -0.2) is 15.7 Å². The molecule has 2 aromatic carbocycles. The number of aromatic nitrogens is 2. The largest absolute Gasteiger partial charge is 0.406 e. The van der Waals surface area contributed by atoms with Crippen molar-refractivity contribution < 1.29 is 13.2 Å². The topological polar surface area (TPSA) is 43.8 Å². The monoisotopic (exact) mass is 381 g/mol. The number of fused-ring (bicyclic) bond motifs is 1. The zero-order valence-electron chi connectivity index (χ0n) is 15.2. The van der Waals surface area contributed by atoms with Gasteiger partial charge in [0.05, 0.1) is 5.69 Å². The van der Waals surface area contributed by atoms with Gasteiger partial charge in [-0.05, 0) is 36.8 Å². The van der Waals surface area contributed by atoms with Gasteiger partial charge in [-0.25, -0.2) is 4.98 Å². The first-order chi connectivity index (χ1) is 13.3. The molecule has 3 nitrogen and oxygen atoms in total. The predicted octanol–water partition coefficient (Wildman–Crippen LogP) is 5.82. The fourth-order valence-electron chi connectivity index (χ4n) is 3.48. The summed E-state index contributed by atoms with van der Waals surface area (Å²) in [7, 11) is 0. The fourth-order valence-corrected chi connectivity index (χ4v) is 3.48. The third-order valence-corrected chi connectivity index (χ3v) is 4.71. The Bertz CT molecular complexity index is 1150. The molecule has 0 bridgehead atoms.